The normalized spacial score (nSPS) is 47.2. The molecule has 0 aromatic carbocycles. The Kier molecular flexibility index (Phi) is 1.99. The summed E-state index contributed by atoms with van der Waals surface area (Å²) in [4.78, 5) is 0. The van der Waals surface area contributed by atoms with E-state index in [1.54, 1.807) is 0 Å². The molecule has 1 fully saturated rings. The van der Waals surface area contributed by atoms with Gasteiger partial charge >= 0.3 is 0 Å². The van der Waals surface area contributed by atoms with E-state index in [9.17, 15) is 5.11 Å². The summed E-state index contributed by atoms with van der Waals surface area (Å²) in [6.45, 7) is 2.38. The summed E-state index contributed by atoms with van der Waals surface area (Å²) in [7, 11) is 0. The molecule has 1 nitrogen and oxygen atoms in total. The lowest BCUT2D eigenvalue weighted by Gasteiger charge is -2.44. The van der Waals surface area contributed by atoms with Crippen molar-refractivity contribution in [3.05, 3.63) is 12.2 Å². The standard InChI is InChI=1S/C11H18O/c1-11-6-3-2-4-9(11)8-10(12)5-7-11/h2-3,9-10,12H,4-8H2,1H3. The van der Waals surface area contributed by atoms with Gasteiger partial charge in [0, 0.05) is 0 Å². The van der Waals surface area contributed by atoms with E-state index in [4.69, 9.17) is 0 Å². The van der Waals surface area contributed by atoms with Gasteiger partial charge in [-0.05, 0) is 43.4 Å². The molecule has 0 amide bonds. The third-order valence-corrected chi connectivity index (χ3v) is 3.76. The van der Waals surface area contributed by atoms with Crippen LogP contribution in [0.5, 0.6) is 0 Å². The lowest BCUT2D eigenvalue weighted by atomic mass is 9.62. The summed E-state index contributed by atoms with van der Waals surface area (Å²) >= 11 is 0. The summed E-state index contributed by atoms with van der Waals surface area (Å²) in [5, 5.41) is 9.54. The van der Waals surface area contributed by atoms with Crippen molar-refractivity contribution < 1.29 is 5.11 Å². The second kappa shape index (κ2) is 2.88. The zero-order valence-corrected chi connectivity index (χ0v) is 7.79. The summed E-state index contributed by atoms with van der Waals surface area (Å²) in [5.74, 6) is 0.742. The van der Waals surface area contributed by atoms with Gasteiger partial charge in [-0.1, -0.05) is 19.1 Å². The molecular formula is C11H18O. The highest BCUT2D eigenvalue weighted by Gasteiger charge is 2.39. The van der Waals surface area contributed by atoms with Crippen molar-refractivity contribution in [2.75, 3.05) is 0 Å². The number of hydrogen-bond acceptors (Lipinski definition) is 1. The van der Waals surface area contributed by atoms with E-state index >= 15 is 0 Å². The van der Waals surface area contributed by atoms with Crippen molar-refractivity contribution >= 4 is 0 Å². The summed E-state index contributed by atoms with van der Waals surface area (Å²) in [6, 6.07) is 0. The van der Waals surface area contributed by atoms with Crippen LogP contribution in [0.2, 0.25) is 0 Å². The Balaban J connectivity index is 2.13. The molecule has 1 saturated carbocycles. The Bertz CT molecular complexity index is 197. The van der Waals surface area contributed by atoms with E-state index in [0.29, 0.717) is 5.41 Å². The Hall–Kier alpha value is -0.300. The monoisotopic (exact) mass is 166 g/mol. The zero-order chi connectivity index (χ0) is 8.60. The second-order valence-electron chi connectivity index (χ2n) is 4.69. The van der Waals surface area contributed by atoms with Crippen LogP contribution in [0.15, 0.2) is 12.2 Å². The number of rotatable bonds is 0. The number of allylic oxidation sites excluding steroid dienone is 2. The fourth-order valence-electron chi connectivity index (χ4n) is 2.69. The van der Waals surface area contributed by atoms with Crippen molar-refractivity contribution in [2.24, 2.45) is 11.3 Å². The molecule has 2 aliphatic carbocycles. The van der Waals surface area contributed by atoms with Crippen LogP contribution in [0.1, 0.15) is 39.0 Å². The van der Waals surface area contributed by atoms with Gasteiger partial charge in [0.25, 0.3) is 0 Å². The Morgan fingerprint density at radius 1 is 1.42 bits per heavy atom. The van der Waals surface area contributed by atoms with Crippen molar-refractivity contribution in [2.45, 2.75) is 45.1 Å². The quantitative estimate of drug-likeness (QED) is 0.548. The average molecular weight is 166 g/mol. The van der Waals surface area contributed by atoms with Crippen LogP contribution >= 0.6 is 0 Å². The highest BCUT2D eigenvalue weighted by molar-refractivity contribution is 5.03. The van der Waals surface area contributed by atoms with Crippen LogP contribution in [0.4, 0.5) is 0 Å². The fourth-order valence-corrected chi connectivity index (χ4v) is 2.69. The smallest absolute Gasteiger partial charge is 0.0543 e. The second-order valence-corrected chi connectivity index (χ2v) is 4.69. The third-order valence-electron chi connectivity index (χ3n) is 3.76. The molecule has 0 aliphatic heterocycles. The molecule has 3 atom stereocenters. The molecular weight excluding hydrogens is 148 g/mol. The molecule has 0 heterocycles. The number of aliphatic hydroxyl groups is 1. The first-order valence-corrected chi connectivity index (χ1v) is 5.04. The van der Waals surface area contributed by atoms with E-state index in [2.05, 4.69) is 19.1 Å². The van der Waals surface area contributed by atoms with Crippen molar-refractivity contribution in [3.63, 3.8) is 0 Å². The lowest BCUT2D eigenvalue weighted by molar-refractivity contribution is 0.0172. The molecule has 0 saturated heterocycles. The van der Waals surface area contributed by atoms with Crippen molar-refractivity contribution in [3.8, 4) is 0 Å². The molecule has 1 N–H and O–H groups in total. The van der Waals surface area contributed by atoms with Crippen LogP contribution in [0.3, 0.4) is 0 Å². The third kappa shape index (κ3) is 1.31. The van der Waals surface area contributed by atoms with Crippen LogP contribution in [0, 0.1) is 11.3 Å². The largest absolute Gasteiger partial charge is 0.393 e. The first kappa shape index (κ1) is 8.31. The van der Waals surface area contributed by atoms with Crippen molar-refractivity contribution in [1.82, 2.24) is 0 Å². The number of hydrogen-bond donors (Lipinski definition) is 1. The van der Waals surface area contributed by atoms with Gasteiger partial charge in [0.2, 0.25) is 0 Å². The van der Waals surface area contributed by atoms with Gasteiger partial charge in [0.05, 0.1) is 6.10 Å². The first-order chi connectivity index (χ1) is 5.71. The lowest BCUT2D eigenvalue weighted by Crippen LogP contribution is -2.37. The van der Waals surface area contributed by atoms with Gasteiger partial charge in [-0.3, -0.25) is 0 Å². The van der Waals surface area contributed by atoms with E-state index < -0.39 is 0 Å². The van der Waals surface area contributed by atoms with E-state index in [1.807, 2.05) is 0 Å². The molecule has 1 heteroatoms. The Labute approximate surface area is 74.5 Å². The van der Waals surface area contributed by atoms with Crippen LogP contribution in [-0.4, -0.2) is 11.2 Å². The minimum atomic E-state index is -0.0189. The van der Waals surface area contributed by atoms with E-state index in [-0.39, 0.29) is 6.10 Å². The molecule has 2 rings (SSSR count). The maximum atomic E-state index is 9.54. The molecule has 3 unspecified atom stereocenters. The minimum Gasteiger partial charge on any atom is -0.393 e. The summed E-state index contributed by atoms with van der Waals surface area (Å²) in [5.41, 5.74) is 0.508. The van der Waals surface area contributed by atoms with E-state index in [0.717, 1.165) is 18.8 Å². The average Bonchev–Trinajstić information content (AvgIpc) is 2.06. The molecule has 0 aromatic rings. The topological polar surface area (TPSA) is 20.2 Å². The molecule has 12 heavy (non-hydrogen) atoms. The first-order valence-electron chi connectivity index (χ1n) is 5.04. The summed E-state index contributed by atoms with van der Waals surface area (Å²) in [6.07, 6.45) is 10.2. The summed E-state index contributed by atoms with van der Waals surface area (Å²) < 4.78 is 0. The maximum absolute atomic E-state index is 9.54. The van der Waals surface area contributed by atoms with Gasteiger partial charge in [0.15, 0.2) is 0 Å². The molecule has 68 valence electrons. The van der Waals surface area contributed by atoms with Crippen LogP contribution in [0.25, 0.3) is 0 Å². The minimum absolute atomic E-state index is 0.0189. The Morgan fingerprint density at radius 2 is 2.25 bits per heavy atom. The van der Waals surface area contributed by atoms with Gasteiger partial charge in [-0.15, -0.1) is 0 Å². The van der Waals surface area contributed by atoms with E-state index in [1.165, 1.54) is 19.3 Å². The molecule has 2 aliphatic rings. The fraction of sp³-hybridized carbons (Fsp3) is 0.818. The molecule has 0 aromatic heterocycles. The number of fused-ring (bicyclic) bond motifs is 1. The molecule has 0 radical (unpaired) electrons. The van der Waals surface area contributed by atoms with Gasteiger partial charge in [0.1, 0.15) is 0 Å². The van der Waals surface area contributed by atoms with Crippen molar-refractivity contribution in [1.29, 1.82) is 0 Å². The van der Waals surface area contributed by atoms with Crippen LogP contribution < -0.4 is 0 Å². The van der Waals surface area contributed by atoms with Gasteiger partial charge in [-0.25, -0.2) is 0 Å². The highest BCUT2D eigenvalue weighted by atomic mass is 16.3. The highest BCUT2D eigenvalue weighted by Crippen LogP contribution is 2.47. The SMILES string of the molecule is CC12CC=CCC1CC(O)CC2. The Morgan fingerprint density at radius 3 is 3.08 bits per heavy atom. The van der Waals surface area contributed by atoms with Crippen LogP contribution in [-0.2, 0) is 0 Å². The van der Waals surface area contributed by atoms with Gasteiger partial charge < -0.3 is 5.11 Å². The van der Waals surface area contributed by atoms with Gasteiger partial charge in [-0.2, -0.15) is 0 Å². The predicted molar refractivity (Wildman–Crippen MR) is 49.8 cm³/mol. The predicted octanol–water partition coefficient (Wildman–Crippen LogP) is 2.50. The maximum Gasteiger partial charge on any atom is 0.0543 e. The molecule has 0 bridgehead atoms. The molecule has 0 spiro atoms. The number of aliphatic hydroxyl groups excluding tert-OH is 1. The zero-order valence-electron chi connectivity index (χ0n) is 7.79.